The van der Waals surface area contributed by atoms with E-state index in [2.05, 4.69) is 10.3 Å². The second-order valence-electron chi connectivity index (χ2n) is 4.80. The Morgan fingerprint density at radius 2 is 2.00 bits per heavy atom. The number of carbonyl (C=O) groups excluding carboxylic acids is 1. The van der Waals surface area contributed by atoms with Gasteiger partial charge in [-0.2, -0.15) is 0 Å². The standard InChI is InChI=1S/C15H12Cl2N2O3/c1-8(9-2-3-12-13(4-9)22-7-21-12)18-15(20)11-5-10(16)6-14(17)19-11/h2-6,8H,7H2,1H3,(H,18,20). The first-order valence-corrected chi connectivity index (χ1v) is 7.32. The zero-order valence-corrected chi connectivity index (χ0v) is 13.1. The molecule has 1 aliphatic rings. The van der Waals surface area contributed by atoms with Gasteiger partial charge >= 0.3 is 0 Å². The number of carbonyl (C=O) groups is 1. The molecule has 1 N–H and O–H groups in total. The van der Waals surface area contributed by atoms with Crippen LogP contribution in [-0.2, 0) is 0 Å². The molecule has 0 saturated carbocycles. The van der Waals surface area contributed by atoms with Crippen molar-refractivity contribution >= 4 is 29.1 Å². The molecule has 0 saturated heterocycles. The Hall–Kier alpha value is -1.98. The highest BCUT2D eigenvalue weighted by atomic mass is 35.5. The third kappa shape index (κ3) is 3.10. The molecule has 0 bridgehead atoms. The smallest absolute Gasteiger partial charge is 0.270 e. The van der Waals surface area contributed by atoms with E-state index in [-0.39, 0.29) is 29.6 Å². The number of nitrogens with zero attached hydrogens (tertiary/aromatic N) is 1. The molecule has 0 radical (unpaired) electrons. The van der Waals surface area contributed by atoms with Crippen LogP contribution >= 0.6 is 23.2 Å². The van der Waals surface area contributed by atoms with Gasteiger partial charge in [0, 0.05) is 5.02 Å². The zero-order valence-electron chi connectivity index (χ0n) is 11.6. The summed E-state index contributed by atoms with van der Waals surface area (Å²) in [6.07, 6.45) is 0. The van der Waals surface area contributed by atoms with Gasteiger partial charge in [0.05, 0.1) is 6.04 Å². The number of fused-ring (bicyclic) bond motifs is 1. The molecule has 5 nitrogen and oxygen atoms in total. The Kier molecular flexibility index (Phi) is 4.09. The van der Waals surface area contributed by atoms with Gasteiger partial charge in [-0.05, 0) is 36.8 Å². The lowest BCUT2D eigenvalue weighted by Crippen LogP contribution is -2.27. The molecule has 2 heterocycles. The van der Waals surface area contributed by atoms with E-state index in [1.165, 1.54) is 12.1 Å². The minimum absolute atomic E-state index is 0.171. The lowest BCUT2D eigenvalue weighted by molar-refractivity contribution is 0.0934. The van der Waals surface area contributed by atoms with Gasteiger partial charge in [-0.1, -0.05) is 29.3 Å². The van der Waals surface area contributed by atoms with E-state index in [1.807, 2.05) is 25.1 Å². The normalized spacial score (nSPS) is 13.8. The summed E-state index contributed by atoms with van der Waals surface area (Å²) in [5, 5.41) is 3.38. The largest absolute Gasteiger partial charge is 0.454 e. The summed E-state index contributed by atoms with van der Waals surface area (Å²) in [4.78, 5) is 16.2. The van der Waals surface area contributed by atoms with Crippen LogP contribution in [-0.4, -0.2) is 17.7 Å². The van der Waals surface area contributed by atoms with Crippen molar-refractivity contribution in [1.29, 1.82) is 0 Å². The van der Waals surface area contributed by atoms with E-state index in [0.717, 1.165) is 5.56 Å². The molecule has 114 valence electrons. The number of hydrogen-bond acceptors (Lipinski definition) is 4. The SMILES string of the molecule is CC(NC(=O)c1cc(Cl)cc(Cl)n1)c1ccc2c(c1)OCO2. The molecule has 22 heavy (non-hydrogen) atoms. The minimum Gasteiger partial charge on any atom is -0.454 e. The van der Waals surface area contributed by atoms with Gasteiger partial charge in [0.15, 0.2) is 11.5 Å². The predicted molar refractivity (Wildman–Crippen MR) is 82.7 cm³/mol. The van der Waals surface area contributed by atoms with E-state index in [0.29, 0.717) is 16.5 Å². The van der Waals surface area contributed by atoms with E-state index in [1.54, 1.807) is 0 Å². The second kappa shape index (κ2) is 6.02. The van der Waals surface area contributed by atoms with Gasteiger partial charge in [0.1, 0.15) is 10.8 Å². The van der Waals surface area contributed by atoms with Crippen LogP contribution in [0.5, 0.6) is 11.5 Å². The molecule has 1 aromatic heterocycles. The van der Waals surface area contributed by atoms with Crippen molar-refractivity contribution in [3.05, 3.63) is 51.8 Å². The minimum atomic E-state index is -0.352. The average molecular weight is 339 g/mol. The molecular weight excluding hydrogens is 327 g/mol. The van der Waals surface area contributed by atoms with Crippen molar-refractivity contribution in [3.63, 3.8) is 0 Å². The van der Waals surface area contributed by atoms with Crippen molar-refractivity contribution in [1.82, 2.24) is 10.3 Å². The summed E-state index contributed by atoms with van der Waals surface area (Å²) in [5.74, 6) is 1.02. The first kappa shape index (κ1) is 14.9. The van der Waals surface area contributed by atoms with Crippen LogP contribution in [0.1, 0.15) is 29.0 Å². The second-order valence-corrected chi connectivity index (χ2v) is 5.62. The Morgan fingerprint density at radius 3 is 2.77 bits per heavy atom. The van der Waals surface area contributed by atoms with Crippen molar-refractivity contribution in [2.24, 2.45) is 0 Å². The fourth-order valence-electron chi connectivity index (χ4n) is 2.12. The molecule has 1 amide bonds. The summed E-state index contributed by atoms with van der Waals surface area (Å²) in [6.45, 7) is 2.08. The first-order chi connectivity index (χ1) is 10.5. The van der Waals surface area contributed by atoms with Crippen LogP contribution in [0.25, 0.3) is 0 Å². The van der Waals surface area contributed by atoms with Gasteiger partial charge in [-0.15, -0.1) is 0 Å². The fourth-order valence-corrected chi connectivity index (χ4v) is 2.59. The van der Waals surface area contributed by atoms with Gasteiger partial charge in [-0.25, -0.2) is 4.98 Å². The number of rotatable bonds is 3. The number of aromatic nitrogens is 1. The van der Waals surface area contributed by atoms with E-state index in [9.17, 15) is 4.79 Å². The third-order valence-corrected chi connectivity index (χ3v) is 3.65. The number of amides is 1. The van der Waals surface area contributed by atoms with Crippen molar-refractivity contribution < 1.29 is 14.3 Å². The first-order valence-electron chi connectivity index (χ1n) is 6.56. The number of hydrogen-bond donors (Lipinski definition) is 1. The van der Waals surface area contributed by atoms with Gasteiger partial charge in [-0.3, -0.25) is 4.79 Å². The van der Waals surface area contributed by atoms with Crippen LogP contribution in [0.4, 0.5) is 0 Å². The van der Waals surface area contributed by atoms with Gasteiger partial charge in [0.25, 0.3) is 5.91 Å². The highest BCUT2D eigenvalue weighted by molar-refractivity contribution is 6.34. The Morgan fingerprint density at radius 1 is 1.23 bits per heavy atom. The van der Waals surface area contributed by atoms with Gasteiger partial charge < -0.3 is 14.8 Å². The Bertz CT molecular complexity index is 716. The molecule has 0 fully saturated rings. The number of pyridine rings is 1. The number of ether oxygens (including phenoxy) is 2. The highest BCUT2D eigenvalue weighted by Gasteiger charge is 2.18. The monoisotopic (exact) mass is 338 g/mol. The van der Waals surface area contributed by atoms with Crippen LogP contribution < -0.4 is 14.8 Å². The van der Waals surface area contributed by atoms with Crippen LogP contribution in [0, 0.1) is 0 Å². The Labute approximate surface area is 137 Å². The molecular formula is C15H12Cl2N2O3. The van der Waals surface area contributed by atoms with Gasteiger partial charge in [0.2, 0.25) is 6.79 Å². The molecule has 3 rings (SSSR count). The summed E-state index contributed by atoms with van der Waals surface area (Å²) >= 11 is 11.7. The summed E-state index contributed by atoms with van der Waals surface area (Å²) in [5.41, 5.74) is 1.07. The topological polar surface area (TPSA) is 60.5 Å². The van der Waals surface area contributed by atoms with E-state index >= 15 is 0 Å². The third-order valence-electron chi connectivity index (χ3n) is 3.24. The summed E-state index contributed by atoms with van der Waals surface area (Å²) in [7, 11) is 0. The van der Waals surface area contributed by atoms with Crippen LogP contribution in [0.3, 0.4) is 0 Å². The fraction of sp³-hybridized carbons (Fsp3) is 0.200. The zero-order chi connectivity index (χ0) is 15.7. The lowest BCUT2D eigenvalue weighted by atomic mass is 10.1. The molecule has 1 unspecified atom stereocenters. The molecule has 7 heteroatoms. The molecule has 2 aromatic rings. The number of benzene rings is 1. The molecule has 0 spiro atoms. The molecule has 0 aliphatic carbocycles. The van der Waals surface area contributed by atoms with E-state index < -0.39 is 0 Å². The summed E-state index contributed by atoms with van der Waals surface area (Å²) < 4.78 is 10.6. The molecule has 1 aromatic carbocycles. The predicted octanol–water partition coefficient (Wildman–Crippen LogP) is 3.61. The quantitative estimate of drug-likeness (QED) is 0.868. The van der Waals surface area contributed by atoms with Crippen molar-refractivity contribution in [2.45, 2.75) is 13.0 Å². The van der Waals surface area contributed by atoms with E-state index in [4.69, 9.17) is 32.7 Å². The maximum Gasteiger partial charge on any atom is 0.270 e. The Balaban J connectivity index is 1.76. The van der Waals surface area contributed by atoms with Crippen molar-refractivity contribution in [2.75, 3.05) is 6.79 Å². The van der Waals surface area contributed by atoms with Crippen LogP contribution in [0.15, 0.2) is 30.3 Å². The highest BCUT2D eigenvalue weighted by Crippen LogP contribution is 2.34. The lowest BCUT2D eigenvalue weighted by Gasteiger charge is -2.14. The molecule has 1 aliphatic heterocycles. The maximum absolute atomic E-state index is 12.2. The number of nitrogens with one attached hydrogen (secondary N) is 1. The van der Waals surface area contributed by atoms with Crippen LogP contribution in [0.2, 0.25) is 10.2 Å². The summed E-state index contributed by atoms with van der Waals surface area (Å²) in [6, 6.07) is 8.23. The maximum atomic E-state index is 12.2. The van der Waals surface area contributed by atoms with Crippen molar-refractivity contribution in [3.8, 4) is 11.5 Å². The number of halogens is 2. The molecule has 1 atom stereocenters. The average Bonchev–Trinajstić information content (AvgIpc) is 2.93.